The van der Waals surface area contributed by atoms with Gasteiger partial charge in [-0.2, -0.15) is 5.26 Å². The van der Waals surface area contributed by atoms with Gasteiger partial charge in [-0.25, -0.2) is 4.68 Å². The molecule has 5 heteroatoms. The van der Waals surface area contributed by atoms with Crippen LogP contribution in [0.15, 0.2) is 0 Å². The molecule has 0 aromatic carbocycles. The normalized spacial score (nSPS) is 17.5. The van der Waals surface area contributed by atoms with Crippen molar-refractivity contribution in [2.24, 2.45) is 0 Å². The van der Waals surface area contributed by atoms with E-state index in [1.165, 1.54) is 31.4 Å². The summed E-state index contributed by atoms with van der Waals surface area (Å²) in [6.45, 7) is 2.78. The van der Waals surface area contributed by atoms with Gasteiger partial charge in [-0.05, 0) is 19.3 Å². The van der Waals surface area contributed by atoms with E-state index in [4.69, 9.17) is 10.00 Å². The number of ether oxygens (including phenoxy) is 1. The Balaban J connectivity index is 2.33. The van der Waals surface area contributed by atoms with Crippen LogP contribution in [0.1, 0.15) is 62.4 Å². The highest BCUT2D eigenvalue weighted by Gasteiger charge is 2.27. The van der Waals surface area contributed by atoms with Gasteiger partial charge in [-0.1, -0.05) is 25.0 Å². The van der Waals surface area contributed by atoms with Crippen molar-refractivity contribution in [2.45, 2.75) is 57.4 Å². The summed E-state index contributed by atoms with van der Waals surface area (Å²) in [6, 6.07) is 2.43. The van der Waals surface area contributed by atoms with E-state index in [0.717, 1.165) is 12.1 Å². The fourth-order valence-electron chi connectivity index (χ4n) is 2.98. The lowest BCUT2D eigenvalue weighted by Crippen LogP contribution is -2.19. The summed E-state index contributed by atoms with van der Waals surface area (Å²) in [5.41, 5.74) is 2.05. The molecule has 19 heavy (non-hydrogen) atoms. The lowest BCUT2D eigenvalue weighted by atomic mass is 10.00. The summed E-state index contributed by atoms with van der Waals surface area (Å²) in [6.07, 6.45) is 6.23. The van der Waals surface area contributed by atoms with Gasteiger partial charge in [-0.3, -0.25) is 0 Å². The van der Waals surface area contributed by atoms with Crippen LogP contribution in [-0.4, -0.2) is 28.7 Å². The zero-order chi connectivity index (χ0) is 13.7. The van der Waals surface area contributed by atoms with E-state index in [-0.39, 0.29) is 6.04 Å². The number of aromatic nitrogens is 3. The van der Waals surface area contributed by atoms with Crippen LogP contribution < -0.4 is 0 Å². The average Bonchev–Trinajstić information content (AvgIpc) is 3.05. The van der Waals surface area contributed by atoms with Gasteiger partial charge in [0.05, 0.1) is 30.8 Å². The Morgan fingerprint density at radius 3 is 2.79 bits per heavy atom. The highest BCUT2D eigenvalue weighted by Crippen LogP contribution is 2.36. The van der Waals surface area contributed by atoms with Gasteiger partial charge in [0.2, 0.25) is 0 Å². The van der Waals surface area contributed by atoms with E-state index in [1.54, 1.807) is 7.11 Å². The predicted molar refractivity (Wildman–Crippen MR) is 71.8 cm³/mol. The van der Waals surface area contributed by atoms with Gasteiger partial charge < -0.3 is 4.74 Å². The predicted octanol–water partition coefficient (Wildman–Crippen LogP) is 2.60. The quantitative estimate of drug-likeness (QED) is 0.790. The van der Waals surface area contributed by atoms with Gasteiger partial charge in [0, 0.05) is 13.0 Å². The largest absolute Gasteiger partial charge is 0.382 e. The second-order valence-electron chi connectivity index (χ2n) is 5.20. The van der Waals surface area contributed by atoms with E-state index in [1.807, 2.05) is 4.68 Å². The first kappa shape index (κ1) is 14.0. The third kappa shape index (κ3) is 2.95. The molecule has 0 saturated heterocycles. The summed E-state index contributed by atoms with van der Waals surface area (Å²) in [4.78, 5) is 0. The summed E-state index contributed by atoms with van der Waals surface area (Å²) >= 11 is 0. The first-order chi connectivity index (χ1) is 9.31. The molecule has 1 aromatic rings. The van der Waals surface area contributed by atoms with Crippen molar-refractivity contribution >= 4 is 0 Å². The molecular formula is C14H22N4O. The minimum atomic E-state index is 0.223. The Hall–Kier alpha value is -1.41. The van der Waals surface area contributed by atoms with Crippen LogP contribution >= 0.6 is 0 Å². The van der Waals surface area contributed by atoms with Crippen molar-refractivity contribution in [2.75, 3.05) is 13.7 Å². The second kappa shape index (κ2) is 6.67. The molecule has 0 aliphatic heterocycles. The van der Waals surface area contributed by atoms with Crippen LogP contribution in [0, 0.1) is 11.3 Å². The lowest BCUT2D eigenvalue weighted by Gasteiger charge is -2.20. The fourth-order valence-corrected chi connectivity index (χ4v) is 2.98. The molecular weight excluding hydrogens is 240 g/mol. The maximum atomic E-state index is 8.94. The smallest absolute Gasteiger partial charge is 0.100 e. The number of rotatable bonds is 6. The Kier molecular flexibility index (Phi) is 4.92. The standard InChI is InChI=1S/C14H22N4O/c1-3-12(10-19-2)18-14(11-6-4-5-7-11)13(8-9-15)16-17-18/h11-12H,3-8,10H2,1-2H3. The summed E-state index contributed by atoms with van der Waals surface area (Å²) < 4.78 is 7.30. The van der Waals surface area contributed by atoms with Gasteiger partial charge in [0.15, 0.2) is 0 Å². The summed E-state index contributed by atoms with van der Waals surface area (Å²) in [5, 5.41) is 17.5. The molecule has 104 valence electrons. The number of hydrogen-bond acceptors (Lipinski definition) is 4. The fraction of sp³-hybridized carbons (Fsp3) is 0.786. The molecule has 1 unspecified atom stereocenters. The minimum absolute atomic E-state index is 0.223. The van der Waals surface area contributed by atoms with E-state index < -0.39 is 0 Å². The van der Waals surface area contributed by atoms with Gasteiger partial charge >= 0.3 is 0 Å². The van der Waals surface area contributed by atoms with Crippen molar-refractivity contribution in [3.05, 3.63) is 11.4 Å². The summed E-state index contributed by atoms with van der Waals surface area (Å²) in [7, 11) is 1.71. The Morgan fingerprint density at radius 2 is 2.21 bits per heavy atom. The monoisotopic (exact) mass is 262 g/mol. The zero-order valence-electron chi connectivity index (χ0n) is 11.8. The van der Waals surface area contributed by atoms with Gasteiger partial charge in [0.1, 0.15) is 5.69 Å². The van der Waals surface area contributed by atoms with Gasteiger partial charge in [0.25, 0.3) is 0 Å². The Labute approximate surface area is 114 Å². The second-order valence-corrected chi connectivity index (χ2v) is 5.20. The molecule has 1 heterocycles. The van der Waals surface area contributed by atoms with E-state index in [2.05, 4.69) is 23.3 Å². The number of hydrogen-bond donors (Lipinski definition) is 0. The first-order valence-corrected chi connectivity index (χ1v) is 7.11. The number of nitriles is 1. The van der Waals surface area contributed by atoms with Crippen molar-refractivity contribution in [1.29, 1.82) is 5.26 Å². The Morgan fingerprint density at radius 1 is 1.47 bits per heavy atom. The highest BCUT2D eigenvalue weighted by atomic mass is 16.5. The van der Waals surface area contributed by atoms with E-state index in [9.17, 15) is 0 Å². The molecule has 1 fully saturated rings. The lowest BCUT2D eigenvalue weighted by molar-refractivity contribution is 0.144. The number of methoxy groups -OCH3 is 1. The van der Waals surface area contributed by atoms with E-state index in [0.29, 0.717) is 18.9 Å². The first-order valence-electron chi connectivity index (χ1n) is 7.11. The molecule has 5 nitrogen and oxygen atoms in total. The van der Waals surface area contributed by atoms with Crippen molar-refractivity contribution < 1.29 is 4.74 Å². The molecule has 0 bridgehead atoms. The van der Waals surface area contributed by atoms with Crippen molar-refractivity contribution in [3.63, 3.8) is 0 Å². The molecule has 1 saturated carbocycles. The van der Waals surface area contributed by atoms with Crippen LogP contribution in [0.5, 0.6) is 0 Å². The maximum Gasteiger partial charge on any atom is 0.100 e. The molecule has 1 aliphatic carbocycles. The van der Waals surface area contributed by atoms with Crippen molar-refractivity contribution in [1.82, 2.24) is 15.0 Å². The topological polar surface area (TPSA) is 63.7 Å². The summed E-state index contributed by atoms with van der Waals surface area (Å²) in [5.74, 6) is 0.518. The molecule has 1 aliphatic rings. The van der Waals surface area contributed by atoms with E-state index >= 15 is 0 Å². The molecule has 1 aromatic heterocycles. The molecule has 1 atom stereocenters. The van der Waals surface area contributed by atoms with Crippen LogP contribution in [0.4, 0.5) is 0 Å². The maximum absolute atomic E-state index is 8.94. The van der Waals surface area contributed by atoms with Crippen molar-refractivity contribution in [3.8, 4) is 6.07 Å². The average molecular weight is 262 g/mol. The van der Waals surface area contributed by atoms with Crippen LogP contribution in [0.2, 0.25) is 0 Å². The molecule has 0 spiro atoms. The molecule has 0 radical (unpaired) electrons. The minimum Gasteiger partial charge on any atom is -0.382 e. The molecule has 2 rings (SSSR count). The van der Waals surface area contributed by atoms with Gasteiger partial charge in [-0.15, -0.1) is 5.10 Å². The van der Waals surface area contributed by atoms with Crippen LogP contribution in [0.3, 0.4) is 0 Å². The molecule has 0 amide bonds. The SMILES string of the molecule is CCC(COC)n1nnc(CC#N)c1C1CCCC1. The number of nitrogens with zero attached hydrogens (tertiary/aromatic N) is 4. The third-order valence-electron chi connectivity index (χ3n) is 3.97. The zero-order valence-corrected chi connectivity index (χ0v) is 11.8. The third-order valence-corrected chi connectivity index (χ3v) is 3.97. The Bertz CT molecular complexity index is 443. The van der Waals surface area contributed by atoms with Crippen LogP contribution in [0.25, 0.3) is 0 Å². The molecule has 0 N–H and O–H groups in total. The van der Waals surface area contributed by atoms with Crippen LogP contribution in [-0.2, 0) is 11.2 Å². The highest BCUT2D eigenvalue weighted by molar-refractivity contribution is 5.20.